The van der Waals surface area contributed by atoms with E-state index in [1.165, 1.54) is 29.5 Å². The number of amides is 1. The number of halogens is 2. The van der Waals surface area contributed by atoms with E-state index in [0.717, 1.165) is 69.3 Å². The van der Waals surface area contributed by atoms with Crippen LogP contribution in [0.25, 0.3) is 0 Å². The van der Waals surface area contributed by atoms with Gasteiger partial charge in [-0.25, -0.2) is 18.4 Å². The number of unbranched alkanes of at least 4 members (excludes halogenated alkanes) is 1. The summed E-state index contributed by atoms with van der Waals surface area (Å²) in [7, 11) is -2.61. The van der Waals surface area contributed by atoms with Gasteiger partial charge in [-0.2, -0.15) is 5.10 Å². The Kier molecular flexibility index (Phi) is 14.5. The largest absolute Gasteiger partial charge is 0.488 e. The molecule has 1 aromatic heterocycles. The summed E-state index contributed by atoms with van der Waals surface area (Å²) in [5, 5.41) is 3.65. The highest BCUT2D eigenvalue weighted by molar-refractivity contribution is 8.55. The molecule has 7 rings (SSSR count). The van der Waals surface area contributed by atoms with Crippen LogP contribution < -0.4 is 14.5 Å². The van der Waals surface area contributed by atoms with Crippen LogP contribution in [-0.2, 0) is 35.9 Å². The minimum Gasteiger partial charge on any atom is -0.488 e. The van der Waals surface area contributed by atoms with E-state index in [-0.39, 0.29) is 47.6 Å². The normalized spacial score (nSPS) is 23.1. The molecule has 16 heteroatoms. The van der Waals surface area contributed by atoms with E-state index in [1.54, 1.807) is 4.90 Å². The van der Waals surface area contributed by atoms with Gasteiger partial charge in [-0.05, 0) is 80.8 Å². The second-order valence-corrected chi connectivity index (χ2v) is 19.7. The summed E-state index contributed by atoms with van der Waals surface area (Å²) in [6, 6.07) is 18.9. The molecule has 0 radical (unpaired) electrons. The SMILES string of the molecule is CCCCC(CC)COC(=O)CC(=O)S1(c2ccc(N3CCN(c4ccc(OC[C@H]5OC[C@](Cn6cncn6)(c6ccc(F)cc6F)O5)cc4)CC3)cc2)CCN(C(C)C)C1=O. The average molecular weight is 877 g/mol. The molecule has 3 fully saturated rings. The maximum atomic E-state index is 15.0. The topological polar surface area (TPSA) is 129 Å². The van der Waals surface area contributed by atoms with E-state index >= 15 is 4.39 Å². The Morgan fingerprint density at radius 2 is 1.65 bits per heavy atom. The highest BCUT2D eigenvalue weighted by Gasteiger charge is 2.50. The van der Waals surface area contributed by atoms with Gasteiger partial charge in [0, 0.05) is 72.4 Å². The standard InChI is InChI=1S/C46H58F2N6O7S/c1-5-7-8-34(6-2)27-59-42(55)26-43(56)62(24-23-54(33(3)4)45(62)57)39-16-12-37(13-17-39)52-21-19-51(20-22-52)36-10-14-38(15-11-36)58-28-44-60-30-46(61-44,29-53-32-49-31-50-53)40-18-9-35(47)25-41(40)48/h9-18,25,31-34,44H,5-8,19-24,26-30H2,1-4H3/t34?,44-,46+/m0/s1. The minimum absolute atomic E-state index is 0.00754. The third-order valence-corrected chi connectivity index (χ3v) is 15.8. The molecular weight excluding hydrogens is 819 g/mol. The van der Waals surface area contributed by atoms with Crippen LogP contribution in [-0.4, -0.2) is 107 Å². The number of nitrogens with zero attached hydrogens (tertiary/aromatic N) is 6. The van der Waals surface area contributed by atoms with Gasteiger partial charge in [-0.1, -0.05) is 49.2 Å². The van der Waals surface area contributed by atoms with Crippen molar-refractivity contribution >= 4 is 37.7 Å². The van der Waals surface area contributed by atoms with E-state index < -0.39 is 45.9 Å². The van der Waals surface area contributed by atoms with Crippen molar-refractivity contribution in [3.63, 3.8) is 0 Å². The molecule has 0 bridgehead atoms. The molecule has 4 heterocycles. The lowest BCUT2D eigenvalue weighted by molar-refractivity contribution is -0.146. The lowest BCUT2D eigenvalue weighted by atomic mass is 9.94. The number of carbonyl (C=O) groups is 3. The predicted octanol–water partition coefficient (Wildman–Crippen LogP) is 7.91. The molecule has 0 aliphatic carbocycles. The summed E-state index contributed by atoms with van der Waals surface area (Å²) >= 11 is 0. The summed E-state index contributed by atoms with van der Waals surface area (Å²) < 4.78 is 54.1. The zero-order valence-corrected chi connectivity index (χ0v) is 36.9. The smallest absolute Gasteiger partial charge is 0.314 e. The van der Waals surface area contributed by atoms with Crippen LogP contribution in [0.2, 0.25) is 0 Å². The Balaban J connectivity index is 0.933. The van der Waals surface area contributed by atoms with Gasteiger partial charge < -0.3 is 33.6 Å². The van der Waals surface area contributed by atoms with Crippen molar-refractivity contribution < 1.29 is 42.1 Å². The number of anilines is 2. The molecule has 0 spiro atoms. The van der Waals surface area contributed by atoms with Crippen LogP contribution in [0.5, 0.6) is 5.75 Å². The number of hydrogen-bond acceptors (Lipinski definition) is 11. The van der Waals surface area contributed by atoms with E-state index in [0.29, 0.717) is 29.5 Å². The number of benzene rings is 3. The quantitative estimate of drug-likeness (QED) is 0.0715. The maximum Gasteiger partial charge on any atom is 0.314 e. The van der Waals surface area contributed by atoms with Crippen molar-refractivity contribution in [3.05, 3.63) is 96.6 Å². The van der Waals surface area contributed by atoms with Gasteiger partial charge in [0.1, 0.15) is 48.7 Å². The van der Waals surface area contributed by atoms with Crippen molar-refractivity contribution in [2.75, 3.05) is 68.1 Å². The number of rotatable bonds is 18. The van der Waals surface area contributed by atoms with Crippen LogP contribution in [0.1, 0.15) is 65.4 Å². The van der Waals surface area contributed by atoms with Crippen LogP contribution in [0.15, 0.2) is 84.3 Å². The highest BCUT2D eigenvalue weighted by Crippen LogP contribution is 2.62. The lowest BCUT2D eigenvalue weighted by Crippen LogP contribution is -2.46. The summed E-state index contributed by atoms with van der Waals surface area (Å²) in [4.78, 5) is 52.2. The van der Waals surface area contributed by atoms with Crippen LogP contribution in [0.3, 0.4) is 0 Å². The molecule has 62 heavy (non-hydrogen) atoms. The molecule has 3 aromatic carbocycles. The molecule has 3 saturated heterocycles. The van der Waals surface area contributed by atoms with Gasteiger partial charge in [0.2, 0.25) is 0 Å². The fraction of sp³-hybridized carbons (Fsp3) is 0.500. The molecule has 4 atom stereocenters. The van der Waals surface area contributed by atoms with Crippen molar-refractivity contribution in [1.82, 2.24) is 19.7 Å². The number of carbonyl (C=O) groups excluding carboxylic acids is 3. The number of piperazine rings is 1. The van der Waals surface area contributed by atoms with Gasteiger partial charge >= 0.3 is 5.97 Å². The van der Waals surface area contributed by atoms with Crippen molar-refractivity contribution in [1.29, 1.82) is 0 Å². The van der Waals surface area contributed by atoms with Gasteiger partial charge in [-0.3, -0.25) is 14.4 Å². The van der Waals surface area contributed by atoms with Crippen molar-refractivity contribution in [2.24, 2.45) is 5.92 Å². The van der Waals surface area contributed by atoms with Gasteiger partial charge in [-0.15, -0.1) is 0 Å². The van der Waals surface area contributed by atoms with Crippen molar-refractivity contribution in [3.8, 4) is 5.75 Å². The Hall–Kier alpha value is -5.06. The number of aromatic nitrogens is 3. The zero-order chi connectivity index (χ0) is 43.9. The third kappa shape index (κ3) is 9.92. The van der Waals surface area contributed by atoms with Crippen LogP contribution in [0.4, 0.5) is 25.0 Å². The fourth-order valence-corrected chi connectivity index (χ4v) is 11.9. The molecule has 3 aliphatic rings. The van der Waals surface area contributed by atoms with E-state index in [2.05, 4.69) is 33.7 Å². The van der Waals surface area contributed by atoms with Gasteiger partial charge in [0.05, 0.1) is 19.8 Å². The molecule has 0 N–H and O–H groups in total. The molecule has 3 aliphatic heterocycles. The zero-order valence-electron chi connectivity index (χ0n) is 36.0. The molecule has 0 saturated carbocycles. The first-order valence-electron chi connectivity index (χ1n) is 21.6. The van der Waals surface area contributed by atoms with Gasteiger partial charge in [0.25, 0.3) is 5.24 Å². The monoisotopic (exact) mass is 876 g/mol. The summed E-state index contributed by atoms with van der Waals surface area (Å²) in [5.74, 6) is -0.699. The second kappa shape index (κ2) is 20.0. The molecule has 4 aromatic rings. The molecule has 1 amide bonds. The Labute approximate surface area is 364 Å². The first-order valence-corrected chi connectivity index (χ1v) is 23.4. The Morgan fingerprint density at radius 3 is 2.24 bits per heavy atom. The number of hydrogen-bond donors (Lipinski definition) is 0. The Bertz CT molecular complexity index is 2140. The third-order valence-electron chi connectivity index (χ3n) is 12.1. The lowest BCUT2D eigenvalue weighted by Gasteiger charge is -2.38. The summed E-state index contributed by atoms with van der Waals surface area (Å²) in [6.45, 7) is 12.1. The summed E-state index contributed by atoms with van der Waals surface area (Å²) in [6.07, 6.45) is 5.68. The van der Waals surface area contributed by atoms with Gasteiger partial charge in [0.15, 0.2) is 11.4 Å². The first kappa shape index (κ1) is 45.0. The number of ether oxygens (including phenoxy) is 4. The molecule has 13 nitrogen and oxygen atoms in total. The molecule has 334 valence electrons. The molecule has 2 unspecified atom stereocenters. The van der Waals surface area contributed by atoms with E-state index in [1.807, 2.05) is 62.4 Å². The highest BCUT2D eigenvalue weighted by atomic mass is 32.3. The summed E-state index contributed by atoms with van der Waals surface area (Å²) in [5.41, 5.74) is 0.948. The average Bonchev–Trinajstić information content (AvgIpc) is 4.03. The maximum absolute atomic E-state index is 15.0. The fourth-order valence-electron chi connectivity index (χ4n) is 8.45. The van der Waals surface area contributed by atoms with E-state index in [4.69, 9.17) is 18.9 Å². The Morgan fingerprint density at radius 1 is 0.952 bits per heavy atom. The minimum atomic E-state index is -2.61. The van der Waals surface area contributed by atoms with Crippen LogP contribution in [0, 0.1) is 17.6 Å². The predicted molar refractivity (Wildman–Crippen MR) is 234 cm³/mol. The second-order valence-electron chi connectivity index (χ2n) is 16.5. The van der Waals surface area contributed by atoms with Crippen molar-refractivity contribution in [2.45, 2.75) is 89.2 Å². The van der Waals surface area contributed by atoms with Crippen LogP contribution >= 0.6 is 10.0 Å². The van der Waals surface area contributed by atoms with E-state index in [9.17, 15) is 18.8 Å². The first-order chi connectivity index (χ1) is 29.9. The molecular formula is C46H58F2N6O7S. The number of esters is 1.